The van der Waals surface area contributed by atoms with Gasteiger partial charge in [0.2, 0.25) is 0 Å². The van der Waals surface area contributed by atoms with Gasteiger partial charge in [-0.15, -0.1) is 0 Å². The first-order valence-electron chi connectivity index (χ1n) is 4.10. The van der Waals surface area contributed by atoms with E-state index in [1.54, 1.807) is 18.2 Å². The number of phenols is 1. The van der Waals surface area contributed by atoms with Crippen LogP contribution >= 0.6 is 0 Å². The van der Waals surface area contributed by atoms with Crippen molar-refractivity contribution in [3.05, 3.63) is 29.8 Å². The minimum Gasteiger partial charge on any atom is -0.508 e. The molecule has 0 unspecified atom stereocenters. The lowest BCUT2D eigenvalue weighted by Gasteiger charge is -2.11. The predicted octanol–water partition coefficient (Wildman–Crippen LogP) is -0.0313. The fraction of sp³-hybridized carbons (Fsp3) is 0.333. The van der Waals surface area contributed by atoms with E-state index in [1.807, 2.05) is 6.07 Å². The van der Waals surface area contributed by atoms with Gasteiger partial charge >= 0.3 is 0 Å². The number of aliphatic hydroxyl groups excluding tert-OH is 1. The molecule has 0 heterocycles. The fourth-order valence-corrected chi connectivity index (χ4v) is 0.966. The Morgan fingerprint density at radius 3 is 2.69 bits per heavy atom. The van der Waals surface area contributed by atoms with Crippen molar-refractivity contribution in [3.63, 3.8) is 0 Å². The van der Waals surface area contributed by atoms with E-state index < -0.39 is 5.94 Å². The highest BCUT2D eigenvalue weighted by atomic mass is 16.3. The predicted molar refractivity (Wildman–Crippen MR) is 51.6 cm³/mol. The maximum atomic E-state index is 9.35. The van der Waals surface area contributed by atoms with Crippen molar-refractivity contribution >= 4 is 7.85 Å². The molecule has 0 amide bonds. The zero-order chi connectivity index (χ0) is 9.68. The van der Waals surface area contributed by atoms with E-state index >= 15 is 0 Å². The third-order valence-electron chi connectivity index (χ3n) is 1.74. The third-order valence-corrected chi connectivity index (χ3v) is 1.74. The molecule has 3 N–H and O–H groups in total. The molecule has 0 aliphatic carbocycles. The zero-order valence-corrected chi connectivity index (χ0v) is 7.27. The van der Waals surface area contributed by atoms with Crippen molar-refractivity contribution in [1.82, 2.24) is 5.32 Å². The summed E-state index contributed by atoms with van der Waals surface area (Å²) in [7, 11) is 5.43. The van der Waals surface area contributed by atoms with E-state index in [4.69, 9.17) is 13.0 Å². The summed E-state index contributed by atoms with van der Waals surface area (Å²) in [4.78, 5) is 0. The van der Waals surface area contributed by atoms with Crippen molar-refractivity contribution < 1.29 is 10.2 Å². The smallest absolute Gasteiger partial charge is 0.120 e. The normalized spacial score (nSPS) is 12.7. The number of rotatable bonds is 4. The highest BCUT2D eigenvalue weighted by Crippen LogP contribution is 2.14. The second-order valence-electron chi connectivity index (χ2n) is 2.80. The molecule has 0 aromatic heterocycles. The van der Waals surface area contributed by atoms with Gasteiger partial charge in [0, 0.05) is 12.1 Å². The summed E-state index contributed by atoms with van der Waals surface area (Å²) < 4.78 is 0. The van der Waals surface area contributed by atoms with Crippen LogP contribution in [-0.4, -0.2) is 30.6 Å². The number of para-hydroxylation sites is 1. The summed E-state index contributed by atoms with van der Waals surface area (Å²) >= 11 is 0. The van der Waals surface area contributed by atoms with Crippen molar-refractivity contribution in [2.75, 3.05) is 6.61 Å². The molecule has 1 atom stereocenters. The van der Waals surface area contributed by atoms with E-state index in [1.165, 1.54) is 0 Å². The summed E-state index contributed by atoms with van der Waals surface area (Å²) in [5.41, 5.74) is 0.770. The molecule has 0 spiro atoms. The molecule has 1 rings (SSSR count). The molecule has 13 heavy (non-hydrogen) atoms. The van der Waals surface area contributed by atoms with Gasteiger partial charge in [-0.05, 0) is 12.0 Å². The Kier molecular flexibility index (Phi) is 3.80. The maximum Gasteiger partial charge on any atom is 0.120 e. The molecule has 68 valence electrons. The molecule has 1 aromatic carbocycles. The Hall–Kier alpha value is -0.995. The van der Waals surface area contributed by atoms with Gasteiger partial charge in [-0.25, -0.2) is 0 Å². The summed E-state index contributed by atoms with van der Waals surface area (Å²) in [6.07, 6.45) is 0. The van der Waals surface area contributed by atoms with Crippen molar-refractivity contribution in [3.8, 4) is 5.75 Å². The Bertz CT molecular complexity index is 268. The van der Waals surface area contributed by atoms with Crippen LogP contribution in [0.1, 0.15) is 5.56 Å². The quantitative estimate of drug-likeness (QED) is 0.566. The van der Waals surface area contributed by atoms with Crippen LogP contribution in [0.4, 0.5) is 0 Å². The van der Waals surface area contributed by atoms with Gasteiger partial charge in [0.05, 0.1) is 14.5 Å². The van der Waals surface area contributed by atoms with Crippen molar-refractivity contribution in [2.24, 2.45) is 0 Å². The number of hydrogen-bond donors (Lipinski definition) is 3. The minimum absolute atomic E-state index is 0.117. The molecule has 0 aliphatic heterocycles. The number of benzene rings is 1. The van der Waals surface area contributed by atoms with Crippen LogP contribution in [0.25, 0.3) is 0 Å². The Morgan fingerprint density at radius 2 is 2.08 bits per heavy atom. The van der Waals surface area contributed by atoms with Crippen molar-refractivity contribution in [1.29, 1.82) is 0 Å². The van der Waals surface area contributed by atoms with Gasteiger partial charge in [0.25, 0.3) is 0 Å². The highest BCUT2D eigenvalue weighted by molar-refractivity contribution is 6.11. The summed E-state index contributed by atoms with van der Waals surface area (Å²) in [6.45, 7) is 0.335. The van der Waals surface area contributed by atoms with Crippen LogP contribution in [-0.2, 0) is 6.54 Å². The molecule has 4 heteroatoms. The topological polar surface area (TPSA) is 52.5 Å². The number of aliphatic hydroxyl groups is 1. The number of nitrogens with one attached hydrogen (secondary N) is 1. The largest absolute Gasteiger partial charge is 0.508 e. The Labute approximate surface area is 78.8 Å². The van der Waals surface area contributed by atoms with Crippen LogP contribution < -0.4 is 5.32 Å². The average Bonchev–Trinajstić information content (AvgIpc) is 2.16. The lowest BCUT2D eigenvalue weighted by Crippen LogP contribution is -2.32. The summed E-state index contributed by atoms with van der Waals surface area (Å²) in [5, 5.41) is 20.8. The van der Waals surface area contributed by atoms with Crippen LogP contribution in [0, 0.1) is 0 Å². The molecule has 3 nitrogen and oxygen atoms in total. The van der Waals surface area contributed by atoms with E-state index in [0.717, 1.165) is 5.56 Å². The number of phenolic OH excluding ortho intramolecular Hbond substituents is 1. The molecule has 0 fully saturated rings. The standard InChI is InChI=1S/C9H12BNO2/c10-9(6-12)11-5-7-3-1-2-4-8(7)13/h1-4,9,11-13H,5-6H2/t9-/m1/s1. The second-order valence-corrected chi connectivity index (χ2v) is 2.80. The number of aromatic hydroxyl groups is 1. The third kappa shape index (κ3) is 3.09. The Balaban J connectivity index is 2.50. The van der Waals surface area contributed by atoms with Gasteiger partial charge in [0.1, 0.15) is 5.75 Å². The zero-order valence-electron chi connectivity index (χ0n) is 7.27. The second kappa shape index (κ2) is 4.89. The highest BCUT2D eigenvalue weighted by Gasteiger charge is 2.01. The van der Waals surface area contributed by atoms with E-state index in [-0.39, 0.29) is 12.4 Å². The van der Waals surface area contributed by atoms with Gasteiger partial charge < -0.3 is 15.5 Å². The first-order chi connectivity index (χ1) is 6.24. The van der Waals surface area contributed by atoms with E-state index in [2.05, 4.69) is 5.32 Å². The monoisotopic (exact) mass is 177 g/mol. The summed E-state index contributed by atoms with van der Waals surface area (Å²) in [5.74, 6) is -0.209. The van der Waals surface area contributed by atoms with Crippen molar-refractivity contribution in [2.45, 2.75) is 12.5 Å². The fourth-order valence-electron chi connectivity index (χ4n) is 0.966. The molecular weight excluding hydrogens is 165 g/mol. The summed E-state index contributed by atoms with van der Waals surface area (Å²) in [6, 6.07) is 7.00. The van der Waals surface area contributed by atoms with E-state index in [0.29, 0.717) is 6.54 Å². The SMILES string of the molecule is [B][C@@H](CO)NCc1ccccc1O. The molecule has 0 saturated heterocycles. The molecule has 1 aromatic rings. The Morgan fingerprint density at radius 1 is 1.38 bits per heavy atom. The lowest BCUT2D eigenvalue weighted by molar-refractivity contribution is 0.276. The van der Waals surface area contributed by atoms with Gasteiger partial charge in [0.15, 0.2) is 0 Å². The first kappa shape index (κ1) is 10.1. The van der Waals surface area contributed by atoms with Crippen LogP contribution in [0.2, 0.25) is 0 Å². The van der Waals surface area contributed by atoms with Gasteiger partial charge in [-0.2, -0.15) is 0 Å². The first-order valence-corrected chi connectivity index (χ1v) is 4.10. The average molecular weight is 177 g/mol. The van der Waals surface area contributed by atoms with Crippen LogP contribution in [0.3, 0.4) is 0 Å². The molecule has 0 aliphatic rings. The molecule has 0 bridgehead atoms. The molecule has 2 radical (unpaired) electrons. The number of hydrogen-bond acceptors (Lipinski definition) is 3. The van der Waals surface area contributed by atoms with E-state index in [9.17, 15) is 5.11 Å². The van der Waals surface area contributed by atoms with Gasteiger partial charge in [-0.3, -0.25) is 0 Å². The maximum absolute atomic E-state index is 9.35. The molecule has 0 saturated carbocycles. The minimum atomic E-state index is -0.445. The molecular formula is C9H12BNO2. The van der Waals surface area contributed by atoms with Crippen LogP contribution in [0.15, 0.2) is 24.3 Å². The lowest BCUT2D eigenvalue weighted by atomic mass is 9.97. The van der Waals surface area contributed by atoms with Crippen LogP contribution in [0.5, 0.6) is 5.75 Å². The van der Waals surface area contributed by atoms with Gasteiger partial charge in [-0.1, -0.05) is 18.2 Å².